The van der Waals surface area contributed by atoms with Crippen LogP contribution in [0.3, 0.4) is 0 Å². The summed E-state index contributed by atoms with van der Waals surface area (Å²) in [7, 11) is 1.94. The summed E-state index contributed by atoms with van der Waals surface area (Å²) in [6.07, 6.45) is 0. The third kappa shape index (κ3) is 5.01. The zero-order valence-electron chi connectivity index (χ0n) is 16.5. The van der Waals surface area contributed by atoms with Crippen molar-refractivity contribution in [2.45, 2.75) is 33.4 Å². The minimum absolute atomic E-state index is 0.0144. The van der Waals surface area contributed by atoms with E-state index in [2.05, 4.69) is 37.4 Å². The molecule has 1 aliphatic heterocycles. The van der Waals surface area contributed by atoms with E-state index in [9.17, 15) is 4.79 Å². The normalized spacial score (nSPS) is 14.1. The van der Waals surface area contributed by atoms with Crippen molar-refractivity contribution in [2.24, 2.45) is 0 Å². The molecule has 0 saturated carbocycles. The van der Waals surface area contributed by atoms with Crippen LogP contribution in [0.15, 0.2) is 36.4 Å². The lowest BCUT2D eigenvalue weighted by Gasteiger charge is -2.22. The smallest absolute Gasteiger partial charge is 0.234 e. The van der Waals surface area contributed by atoms with Crippen LogP contribution < -0.4 is 14.8 Å². The van der Waals surface area contributed by atoms with Crippen LogP contribution in [0.2, 0.25) is 0 Å². The van der Waals surface area contributed by atoms with E-state index in [-0.39, 0.29) is 11.9 Å². The van der Waals surface area contributed by atoms with Gasteiger partial charge < -0.3 is 14.8 Å². The van der Waals surface area contributed by atoms with Crippen LogP contribution >= 0.6 is 0 Å². The number of nitrogens with one attached hydrogen (secondary N) is 1. The van der Waals surface area contributed by atoms with E-state index in [1.807, 2.05) is 37.1 Å². The summed E-state index contributed by atoms with van der Waals surface area (Å²) < 4.78 is 11.2. The Kier molecular flexibility index (Phi) is 6.01. The number of nitrogens with zero attached hydrogens (tertiary/aromatic N) is 1. The van der Waals surface area contributed by atoms with E-state index in [1.54, 1.807) is 0 Å². The summed E-state index contributed by atoms with van der Waals surface area (Å²) >= 11 is 0. The van der Waals surface area contributed by atoms with Gasteiger partial charge >= 0.3 is 0 Å². The second-order valence-corrected chi connectivity index (χ2v) is 7.28. The van der Waals surface area contributed by atoms with E-state index >= 15 is 0 Å². The number of ether oxygens (including phenoxy) is 2. The van der Waals surface area contributed by atoms with Crippen LogP contribution in [0, 0.1) is 13.8 Å². The number of carbonyl (C=O) groups excluding carboxylic acids is 1. The Morgan fingerprint density at radius 2 is 1.81 bits per heavy atom. The molecule has 5 nitrogen and oxygen atoms in total. The number of likely N-dealkylation sites (N-methyl/N-ethyl adjacent to an activating group) is 1. The van der Waals surface area contributed by atoms with E-state index < -0.39 is 0 Å². The fourth-order valence-electron chi connectivity index (χ4n) is 3.20. The molecule has 0 saturated heterocycles. The standard InChI is InChI=1S/C22H28N2O3/c1-15-5-7-19(11-16(15)2)17(3)23-22(25)14-24(4)13-18-6-8-20-21(12-18)27-10-9-26-20/h5-8,11-12,17H,9-10,13-14H2,1-4H3,(H,23,25). The fourth-order valence-corrected chi connectivity index (χ4v) is 3.20. The van der Waals surface area contributed by atoms with Gasteiger partial charge in [-0.05, 0) is 62.2 Å². The van der Waals surface area contributed by atoms with E-state index in [4.69, 9.17) is 9.47 Å². The quantitative estimate of drug-likeness (QED) is 0.849. The highest BCUT2D eigenvalue weighted by atomic mass is 16.6. The maximum absolute atomic E-state index is 12.4. The molecule has 1 unspecified atom stereocenters. The maximum Gasteiger partial charge on any atom is 0.234 e. The zero-order chi connectivity index (χ0) is 19.4. The molecule has 1 aliphatic rings. The topological polar surface area (TPSA) is 50.8 Å². The molecule has 2 aromatic carbocycles. The fraction of sp³-hybridized carbons (Fsp3) is 0.409. The first kappa shape index (κ1) is 19.2. The molecule has 1 atom stereocenters. The second-order valence-electron chi connectivity index (χ2n) is 7.28. The average molecular weight is 368 g/mol. The predicted octanol–water partition coefficient (Wildman–Crippen LogP) is 3.38. The van der Waals surface area contributed by atoms with Gasteiger partial charge in [0.2, 0.25) is 5.91 Å². The lowest BCUT2D eigenvalue weighted by atomic mass is 10.0. The Bertz CT molecular complexity index is 819. The Morgan fingerprint density at radius 3 is 2.56 bits per heavy atom. The highest BCUT2D eigenvalue weighted by Crippen LogP contribution is 2.31. The zero-order valence-corrected chi connectivity index (χ0v) is 16.5. The number of fused-ring (bicyclic) bond motifs is 1. The highest BCUT2D eigenvalue weighted by Gasteiger charge is 2.15. The molecule has 0 radical (unpaired) electrons. The number of hydrogen-bond acceptors (Lipinski definition) is 4. The number of rotatable bonds is 6. The molecule has 144 valence electrons. The molecular formula is C22H28N2O3. The molecule has 5 heteroatoms. The maximum atomic E-state index is 12.4. The Balaban J connectivity index is 1.53. The van der Waals surface area contributed by atoms with Crippen LogP contribution in [0.1, 0.15) is 35.2 Å². The molecule has 0 bridgehead atoms. The highest BCUT2D eigenvalue weighted by molar-refractivity contribution is 5.78. The lowest BCUT2D eigenvalue weighted by Crippen LogP contribution is -2.36. The second kappa shape index (κ2) is 8.44. The number of amides is 1. The van der Waals surface area contributed by atoms with Crippen molar-refractivity contribution in [3.63, 3.8) is 0 Å². The third-order valence-corrected chi connectivity index (χ3v) is 4.88. The van der Waals surface area contributed by atoms with E-state index in [0.29, 0.717) is 26.3 Å². The average Bonchev–Trinajstić information content (AvgIpc) is 2.63. The van der Waals surface area contributed by atoms with Gasteiger partial charge in [-0.3, -0.25) is 9.69 Å². The van der Waals surface area contributed by atoms with Crippen LogP contribution in [-0.2, 0) is 11.3 Å². The minimum atomic E-state index is -0.0144. The number of carbonyl (C=O) groups is 1. The van der Waals surface area contributed by atoms with Gasteiger partial charge in [0.15, 0.2) is 11.5 Å². The predicted molar refractivity (Wildman–Crippen MR) is 106 cm³/mol. The van der Waals surface area contributed by atoms with Crippen molar-refractivity contribution in [1.29, 1.82) is 0 Å². The van der Waals surface area contributed by atoms with Crippen LogP contribution in [0.5, 0.6) is 11.5 Å². The Morgan fingerprint density at radius 1 is 1.07 bits per heavy atom. The first-order valence-corrected chi connectivity index (χ1v) is 9.36. The molecule has 0 spiro atoms. The first-order valence-electron chi connectivity index (χ1n) is 9.36. The summed E-state index contributed by atoms with van der Waals surface area (Å²) in [5.41, 5.74) is 4.72. The molecule has 0 aromatic heterocycles. The van der Waals surface area contributed by atoms with Gasteiger partial charge in [0.25, 0.3) is 0 Å². The van der Waals surface area contributed by atoms with Gasteiger partial charge in [-0.25, -0.2) is 0 Å². The van der Waals surface area contributed by atoms with Gasteiger partial charge in [0.05, 0.1) is 12.6 Å². The Hall–Kier alpha value is -2.53. The molecule has 0 aliphatic carbocycles. The van der Waals surface area contributed by atoms with Gasteiger partial charge in [-0.2, -0.15) is 0 Å². The first-order chi connectivity index (χ1) is 12.9. The van der Waals surface area contributed by atoms with E-state index in [0.717, 1.165) is 22.6 Å². The summed E-state index contributed by atoms with van der Waals surface area (Å²) in [5.74, 6) is 1.58. The molecule has 2 aromatic rings. The summed E-state index contributed by atoms with van der Waals surface area (Å²) in [5, 5.41) is 3.08. The molecule has 27 heavy (non-hydrogen) atoms. The number of hydrogen-bond donors (Lipinski definition) is 1. The molecule has 1 heterocycles. The van der Waals surface area contributed by atoms with Crippen molar-refractivity contribution >= 4 is 5.91 Å². The monoisotopic (exact) mass is 368 g/mol. The molecular weight excluding hydrogens is 340 g/mol. The number of benzene rings is 2. The lowest BCUT2D eigenvalue weighted by molar-refractivity contribution is -0.122. The summed E-state index contributed by atoms with van der Waals surface area (Å²) in [6.45, 7) is 8.37. The van der Waals surface area contributed by atoms with Crippen molar-refractivity contribution in [3.05, 3.63) is 58.7 Å². The van der Waals surface area contributed by atoms with Gasteiger partial charge in [-0.15, -0.1) is 0 Å². The van der Waals surface area contributed by atoms with Gasteiger partial charge in [0.1, 0.15) is 13.2 Å². The van der Waals surface area contributed by atoms with Crippen LogP contribution in [0.4, 0.5) is 0 Å². The van der Waals surface area contributed by atoms with E-state index in [1.165, 1.54) is 11.1 Å². The van der Waals surface area contributed by atoms with Gasteiger partial charge in [-0.1, -0.05) is 24.3 Å². The Labute approximate surface area is 161 Å². The van der Waals surface area contributed by atoms with Crippen molar-refractivity contribution in [2.75, 3.05) is 26.8 Å². The molecule has 1 N–H and O–H groups in total. The summed E-state index contributed by atoms with van der Waals surface area (Å²) in [6, 6.07) is 12.2. The summed E-state index contributed by atoms with van der Waals surface area (Å²) in [4.78, 5) is 14.4. The van der Waals surface area contributed by atoms with Gasteiger partial charge in [0, 0.05) is 6.54 Å². The van der Waals surface area contributed by atoms with Crippen LogP contribution in [-0.4, -0.2) is 37.6 Å². The largest absolute Gasteiger partial charge is 0.486 e. The minimum Gasteiger partial charge on any atom is -0.486 e. The molecule has 1 amide bonds. The van der Waals surface area contributed by atoms with Crippen molar-refractivity contribution in [1.82, 2.24) is 10.2 Å². The number of aryl methyl sites for hydroxylation is 2. The molecule has 3 rings (SSSR count). The SMILES string of the molecule is Cc1ccc(C(C)NC(=O)CN(C)Cc2ccc3c(c2)OCCO3)cc1C. The van der Waals surface area contributed by atoms with Crippen molar-refractivity contribution < 1.29 is 14.3 Å². The molecule has 0 fully saturated rings. The van der Waals surface area contributed by atoms with Crippen LogP contribution in [0.25, 0.3) is 0 Å². The third-order valence-electron chi connectivity index (χ3n) is 4.88. The van der Waals surface area contributed by atoms with Crippen molar-refractivity contribution in [3.8, 4) is 11.5 Å².